The molecule has 0 bridgehead atoms. The number of halogens is 1. The van der Waals surface area contributed by atoms with Gasteiger partial charge in [0.2, 0.25) is 0 Å². The Balaban J connectivity index is 0.00000300. The van der Waals surface area contributed by atoms with Gasteiger partial charge in [-0.1, -0.05) is 13.8 Å². The normalized spacial score (nSPS) is 23.8. The molecule has 0 aromatic heterocycles. The molecule has 2 aliphatic rings. The zero-order valence-electron chi connectivity index (χ0n) is 18.3. The summed E-state index contributed by atoms with van der Waals surface area (Å²) in [6.45, 7) is 6.94. The highest BCUT2D eigenvalue weighted by Gasteiger charge is 2.46. The first-order valence-corrected chi connectivity index (χ1v) is 10.8. The van der Waals surface area contributed by atoms with E-state index in [4.69, 9.17) is 14.2 Å². The molecule has 0 N–H and O–H groups in total. The van der Waals surface area contributed by atoms with Crippen LogP contribution in [0.3, 0.4) is 0 Å². The van der Waals surface area contributed by atoms with Crippen LogP contribution in [0.5, 0.6) is 11.5 Å². The fourth-order valence-electron chi connectivity index (χ4n) is 5.03. The van der Waals surface area contributed by atoms with E-state index in [1.54, 1.807) is 14.2 Å². The van der Waals surface area contributed by atoms with E-state index in [1.165, 1.54) is 11.1 Å². The predicted molar refractivity (Wildman–Crippen MR) is 117 cm³/mol. The maximum atomic E-state index is 12.4. The molecule has 1 aliphatic heterocycles. The number of nitrogens with zero attached hydrogens (tertiary/aromatic N) is 1. The van der Waals surface area contributed by atoms with Gasteiger partial charge >= 0.3 is 5.97 Å². The Morgan fingerprint density at radius 2 is 1.76 bits per heavy atom. The van der Waals surface area contributed by atoms with E-state index in [1.807, 2.05) is 6.92 Å². The Kier molecular flexibility index (Phi) is 8.65. The van der Waals surface area contributed by atoms with Crippen molar-refractivity contribution >= 4 is 18.4 Å². The lowest BCUT2D eigenvalue weighted by Crippen LogP contribution is -2.53. The molecular weight excluding hydrogens is 390 g/mol. The molecular formula is C23H36ClNO4. The van der Waals surface area contributed by atoms with Gasteiger partial charge < -0.3 is 14.2 Å². The van der Waals surface area contributed by atoms with Crippen LogP contribution < -0.4 is 9.47 Å². The van der Waals surface area contributed by atoms with Crippen molar-refractivity contribution < 1.29 is 19.0 Å². The summed E-state index contributed by atoms with van der Waals surface area (Å²) in [7, 11) is 3.39. The number of fused-ring (bicyclic) bond motifs is 2. The van der Waals surface area contributed by atoms with Gasteiger partial charge in [-0.05, 0) is 74.8 Å². The third kappa shape index (κ3) is 4.66. The smallest absolute Gasteiger partial charge is 0.308 e. The molecule has 1 aliphatic carbocycles. The number of hydrogen-bond acceptors (Lipinski definition) is 5. The van der Waals surface area contributed by atoms with E-state index < -0.39 is 0 Å². The fraction of sp³-hybridized carbons (Fsp3) is 0.696. The van der Waals surface area contributed by atoms with Crippen molar-refractivity contribution in [2.75, 3.05) is 33.9 Å². The monoisotopic (exact) mass is 425 g/mol. The van der Waals surface area contributed by atoms with Gasteiger partial charge in [0.25, 0.3) is 0 Å². The van der Waals surface area contributed by atoms with Gasteiger partial charge in [0.1, 0.15) is 0 Å². The van der Waals surface area contributed by atoms with E-state index in [2.05, 4.69) is 24.0 Å². The molecule has 0 saturated heterocycles. The van der Waals surface area contributed by atoms with Crippen molar-refractivity contribution in [1.82, 2.24) is 4.90 Å². The summed E-state index contributed by atoms with van der Waals surface area (Å²) in [5, 5.41) is 0. The number of benzene rings is 1. The standard InChI is InChI=1S/C23H35NO4.ClH/c1-5-12-24-13-9-18-15-20(26-3)21(27-4)16-19(18)23(24)10-7-17(8-11-23)22(25)28-14-6-2;/h15-17H,5-14H2,1-4H3;1H/t17-,23-;. The predicted octanol–water partition coefficient (Wildman–Crippen LogP) is 4.73. The number of carbonyl (C=O) groups excluding carboxylic acids is 1. The number of methoxy groups -OCH3 is 2. The molecule has 5 nitrogen and oxygen atoms in total. The van der Waals surface area contributed by atoms with Crippen LogP contribution in [0.2, 0.25) is 0 Å². The largest absolute Gasteiger partial charge is 0.493 e. The van der Waals surface area contributed by atoms with Gasteiger partial charge in [0, 0.05) is 12.1 Å². The number of hydrogen-bond donors (Lipinski definition) is 0. The Labute approximate surface area is 181 Å². The van der Waals surface area contributed by atoms with Gasteiger partial charge in [-0.2, -0.15) is 0 Å². The lowest BCUT2D eigenvalue weighted by atomic mass is 9.68. The zero-order chi connectivity index (χ0) is 20.1. The van der Waals surface area contributed by atoms with E-state index in [0.717, 1.165) is 69.5 Å². The molecule has 0 unspecified atom stereocenters. The first-order chi connectivity index (χ1) is 13.6. The van der Waals surface area contributed by atoms with Crippen molar-refractivity contribution in [1.29, 1.82) is 0 Å². The first-order valence-electron chi connectivity index (χ1n) is 10.8. The second-order valence-corrected chi connectivity index (χ2v) is 8.07. The molecule has 3 rings (SSSR count). The summed E-state index contributed by atoms with van der Waals surface area (Å²) in [4.78, 5) is 15.0. The summed E-state index contributed by atoms with van der Waals surface area (Å²) >= 11 is 0. The summed E-state index contributed by atoms with van der Waals surface area (Å²) in [6, 6.07) is 4.34. The number of ether oxygens (including phenoxy) is 3. The highest BCUT2D eigenvalue weighted by molar-refractivity contribution is 5.85. The molecule has 1 spiro atoms. The molecule has 6 heteroatoms. The van der Waals surface area contributed by atoms with Crippen LogP contribution in [-0.4, -0.2) is 44.8 Å². The first kappa shape index (κ1) is 23.8. The molecule has 1 saturated carbocycles. The van der Waals surface area contributed by atoms with Crippen molar-refractivity contribution in [3.63, 3.8) is 0 Å². The maximum absolute atomic E-state index is 12.4. The van der Waals surface area contributed by atoms with Crippen LogP contribution in [0.25, 0.3) is 0 Å². The molecule has 164 valence electrons. The topological polar surface area (TPSA) is 48.0 Å². The highest BCUT2D eigenvalue weighted by Crippen LogP contribution is 2.50. The number of esters is 1. The molecule has 1 aromatic carbocycles. The second kappa shape index (κ2) is 10.5. The average Bonchev–Trinajstić information content (AvgIpc) is 2.73. The minimum Gasteiger partial charge on any atom is -0.493 e. The van der Waals surface area contributed by atoms with Crippen LogP contribution >= 0.6 is 12.4 Å². The maximum Gasteiger partial charge on any atom is 0.308 e. The molecule has 29 heavy (non-hydrogen) atoms. The number of rotatable bonds is 7. The molecule has 1 aromatic rings. The minimum absolute atomic E-state index is 0. The van der Waals surface area contributed by atoms with Crippen molar-refractivity contribution in [2.45, 2.75) is 64.3 Å². The summed E-state index contributed by atoms with van der Waals surface area (Å²) < 4.78 is 16.6. The summed E-state index contributed by atoms with van der Waals surface area (Å²) in [6.07, 6.45) is 6.78. The van der Waals surface area contributed by atoms with E-state index >= 15 is 0 Å². The Morgan fingerprint density at radius 3 is 2.34 bits per heavy atom. The molecule has 1 heterocycles. The van der Waals surface area contributed by atoms with Crippen LogP contribution in [-0.2, 0) is 21.5 Å². The third-order valence-corrected chi connectivity index (χ3v) is 6.46. The Hall–Kier alpha value is -1.46. The molecule has 0 atom stereocenters. The van der Waals surface area contributed by atoms with E-state index in [0.29, 0.717) is 6.61 Å². The van der Waals surface area contributed by atoms with Crippen molar-refractivity contribution in [3.05, 3.63) is 23.3 Å². The van der Waals surface area contributed by atoms with E-state index in [-0.39, 0.29) is 29.8 Å². The number of carbonyl (C=O) groups is 1. The zero-order valence-corrected chi connectivity index (χ0v) is 19.1. The lowest BCUT2D eigenvalue weighted by molar-refractivity contribution is -0.151. The van der Waals surface area contributed by atoms with Gasteiger partial charge in [-0.15, -0.1) is 12.4 Å². The van der Waals surface area contributed by atoms with Gasteiger partial charge in [0.05, 0.1) is 26.7 Å². The van der Waals surface area contributed by atoms with Gasteiger partial charge in [-0.25, -0.2) is 0 Å². The summed E-state index contributed by atoms with van der Waals surface area (Å²) in [5.74, 6) is 1.62. The van der Waals surface area contributed by atoms with Gasteiger partial charge in [-0.3, -0.25) is 9.69 Å². The molecule has 0 amide bonds. The third-order valence-electron chi connectivity index (χ3n) is 6.46. The van der Waals surface area contributed by atoms with Crippen LogP contribution in [0.1, 0.15) is 63.5 Å². The van der Waals surface area contributed by atoms with Crippen LogP contribution in [0, 0.1) is 5.92 Å². The second-order valence-electron chi connectivity index (χ2n) is 8.07. The average molecular weight is 426 g/mol. The minimum atomic E-state index is -0.0120. The van der Waals surface area contributed by atoms with Crippen LogP contribution in [0.15, 0.2) is 12.1 Å². The quantitative estimate of drug-likeness (QED) is 0.591. The molecule has 1 fully saturated rings. The Morgan fingerprint density at radius 1 is 1.10 bits per heavy atom. The van der Waals surface area contributed by atoms with E-state index in [9.17, 15) is 4.79 Å². The molecule has 0 radical (unpaired) electrons. The SMILES string of the molecule is CCCOC(=O)[C@H]1CC[C@]2(CC1)c1cc(OC)c(OC)cc1CCN2CCC.Cl. The highest BCUT2D eigenvalue weighted by atomic mass is 35.5. The lowest BCUT2D eigenvalue weighted by Gasteiger charge is -2.51. The Bertz CT molecular complexity index is 686. The van der Waals surface area contributed by atoms with Crippen molar-refractivity contribution in [2.24, 2.45) is 5.92 Å². The fourth-order valence-corrected chi connectivity index (χ4v) is 5.03. The van der Waals surface area contributed by atoms with Crippen LogP contribution in [0.4, 0.5) is 0 Å². The van der Waals surface area contributed by atoms with Crippen molar-refractivity contribution in [3.8, 4) is 11.5 Å². The van der Waals surface area contributed by atoms with Gasteiger partial charge in [0.15, 0.2) is 11.5 Å². The summed E-state index contributed by atoms with van der Waals surface area (Å²) in [5.41, 5.74) is 2.72.